The van der Waals surface area contributed by atoms with Crippen LogP contribution >= 0.6 is 15.9 Å². The fourth-order valence-corrected chi connectivity index (χ4v) is 2.18. The Hall–Kier alpha value is -2.00. The van der Waals surface area contributed by atoms with Crippen LogP contribution in [0.3, 0.4) is 0 Å². The Labute approximate surface area is 123 Å². The lowest BCUT2D eigenvalue weighted by molar-refractivity contribution is 0.587. The highest BCUT2D eigenvalue weighted by Gasteiger charge is 2.12. The molecule has 2 rings (SSSR count). The lowest BCUT2D eigenvalue weighted by Crippen LogP contribution is -2.27. The van der Waals surface area contributed by atoms with Crippen molar-refractivity contribution in [3.05, 3.63) is 61.5 Å². The molecule has 0 aliphatic rings. The molecule has 0 unspecified atom stereocenters. The van der Waals surface area contributed by atoms with E-state index >= 15 is 0 Å². The second-order valence-corrected chi connectivity index (χ2v) is 5.18. The molecule has 0 N–H and O–H groups in total. The van der Waals surface area contributed by atoms with E-state index in [9.17, 15) is 9.18 Å². The molecule has 0 radical (unpaired) electrons. The second-order valence-electron chi connectivity index (χ2n) is 4.38. The molecule has 102 valence electrons. The maximum absolute atomic E-state index is 13.9. The summed E-state index contributed by atoms with van der Waals surface area (Å²) in [7, 11) is 0. The van der Waals surface area contributed by atoms with Crippen molar-refractivity contribution in [2.75, 3.05) is 0 Å². The van der Waals surface area contributed by atoms with Crippen molar-refractivity contribution in [3.8, 4) is 6.07 Å². The van der Waals surface area contributed by atoms with Crippen LogP contribution in [0, 0.1) is 31.0 Å². The van der Waals surface area contributed by atoms with Gasteiger partial charge >= 0.3 is 5.69 Å². The molecule has 0 aliphatic heterocycles. The third-order valence-electron chi connectivity index (χ3n) is 3.05. The minimum absolute atomic E-state index is 0.0775. The molecule has 0 saturated heterocycles. The van der Waals surface area contributed by atoms with Gasteiger partial charge in [0, 0.05) is 11.3 Å². The van der Waals surface area contributed by atoms with Gasteiger partial charge < -0.3 is 0 Å². The Kier molecular flexibility index (Phi) is 4.00. The van der Waals surface area contributed by atoms with Crippen LogP contribution in [0.2, 0.25) is 0 Å². The molecule has 4 nitrogen and oxygen atoms in total. The number of aromatic nitrogens is 2. The van der Waals surface area contributed by atoms with Crippen molar-refractivity contribution >= 4 is 15.9 Å². The lowest BCUT2D eigenvalue weighted by atomic mass is 10.1. The van der Waals surface area contributed by atoms with E-state index in [0.29, 0.717) is 17.0 Å². The van der Waals surface area contributed by atoms with Gasteiger partial charge in [-0.05, 0) is 41.9 Å². The van der Waals surface area contributed by atoms with Crippen molar-refractivity contribution in [1.29, 1.82) is 5.26 Å². The van der Waals surface area contributed by atoms with Crippen LogP contribution in [0.4, 0.5) is 4.39 Å². The number of aryl methyl sites for hydroxylation is 1. The molecular weight excluding hydrogens is 325 g/mol. The van der Waals surface area contributed by atoms with Crippen LogP contribution in [0.15, 0.2) is 27.5 Å². The maximum Gasteiger partial charge on any atom is 0.348 e. The predicted octanol–water partition coefficient (Wildman–Crippen LogP) is 2.68. The van der Waals surface area contributed by atoms with E-state index in [-0.39, 0.29) is 12.1 Å². The van der Waals surface area contributed by atoms with Crippen LogP contribution in [-0.4, -0.2) is 9.55 Å². The number of halogens is 2. The predicted molar refractivity (Wildman–Crippen MR) is 75.9 cm³/mol. The summed E-state index contributed by atoms with van der Waals surface area (Å²) in [5.41, 5.74) is 1.45. The quantitative estimate of drug-likeness (QED) is 0.847. The number of nitriles is 1. The smallest absolute Gasteiger partial charge is 0.291 e. The third kappa shape index (κ3) is 2.63. The Bertz CT molecular complexity index is 777. The van der Waals surface area contributed by atoms with Gasteiger partial charge in [0.15, 0.2) is 0 Å². The summed E-state index contributed by atoms with van der Waals surface area (Å²) >= 11 is 3.36. The van der Waals surface area contributed by atoms with Crippen molar-refractivity contribution in [1.82, 2.24) is 9.55 Å². The van der Waals surface area contributed by atoms with E-state index in [0.717, 1.165) is 10.5 Å². The molecule has 0 spiro atoms. The molecule has 0 amide bonds. The maximum atomic E-state index is 13.9. The molecule has 0 aliphatic carbocycles. The number of hydrogen-bond acceptors (Lipinski definition) is 3. The monoisotopic (exact) mass is 335 g/mol. The Morgan fingerprint density at radius 2 is 2.15 bits per heavy atom. The minimum Gasteiger partial charge on any atom is -0.291 e. The first-order chi connectivity index (χ1) is 9.43. The van der Waals surface area contributed by atoms with Crippen LogP contribution in [0.25, 0.3) is 0 Å². The van der Waals surface area contributed by atoms with Crippen molar-refractivity contribution in [2.24, 2.45) is 0 Å². The van der Waals surface area contributed by atoms with Gasteiger partial charge in [-0.1, -0.05) is 6.07 Å². The molecule has 0 atom stereocenters. The Morgan fingerprint density at radius 1 is 1.45 bits per heavy atom. The van der Waals surface area contributed by atoms with E-state index in [1.54, 1.807) is 13.8 Å². The highest BCUT2D eigenvalue weighted by atomic mass is 79.9. The molecule has 1 aromatic heterocycles. The Morgan fingerprint density at radius 3 is 2.75 bits per heavy atom. The fourth-order valence-electron chi connectivity index (χ4n) is 1.88. The van der Waals surface area contributed by atoms with E-state index in [2.05, 4.69) is 20.9 Å². The zero-order chi connectivity index (χ0) is 14.9. The van der Waals surface area contributed by atoms with Crippen molar-refractivity contribution < 1.29 is 4.39 Å². The SMILES string of the molecule is Cc1nc(=O)n(Cc2ccc(C#N)cc2F)c(C)c1Br. The van der Waals surface area contributed by atoms with E-state index in [1.807, 2.05) is 6.07 Å². The average Bonchev–Trinajstić information content (AvgIpc) is 2.42. The van der Waals surface area contributed by atoms with Crippen LogP contribution in [-0.2, 0) is 6.54 Å². The number of nitrogens with zero attached hydrogens (tertiary/aromatic N) is 3. The first kappa shape index (κ1) is 14.4. The molecular formula is C14H11BrFN3O. The average molecular weight is 336 g/mol. The first-order valence-electron chi connectivity index (χ1n) is 5.86. The van der Waals surface area contributed by atoms with Gasteiger partial charge in [-0.25, -0.2) is 9.18 Å². The summed E-state index contributed by atoms with van der Waals surface area (Å²) in [5, 5.41) is 8.71. The molecule has 1 aromatic carbocycles. The topological polar surface area (TPSA) is 58.7 Å². The van der Waals surface area contributed by atoms with Gasteiger partial charge in [-0.3, -0.25) is 4.57 Å². The van der Waals surface area contributed by atoms with Gasteiger partial charge in [-0.2, -0.15) is 10.2 Å². The molecule has 0 bridgehead atoms. The highest BCUT2D eigenvalue weighted by molar-refractivity contribution is 9.10. The van der Waals surface area contributed by atoms with E-state index in [4.69, 9.17) is 5.26 Å². The molecule has 0 saturated carbocycles. The van der Waals surface area contributed by atoms with Crippen molar-refractivity contribution in [2.45, 2.75) is 20.4 Å². The molecule has 0 fully saturated rings. The van der Waals surface area contributed by atoms with Gasteiger partial charge in [0.05, 0.1) is 28.3 Å². The van der Waals surface area contributed by atoms with Crippen LogP contribution in [0.5, 0.6) is 0 Å². The first-order valence-corrected chi connectivity index (χ1v) is 6.65. The summed E-state index contributed by atoms with van der Waals surface area (Å²) in [6.07, 6.45) is 0. The number of benzene rings is 1. The summed E-state index contributed by atoms with van der Waals surface area (Å²) in [6.45, 7) is 3.57. The zero-order valence-corrected chi connectivity index (χ0v) is 12.5. The fraction of sp³-hybridized carbons (Fsp3) is 0.214. The zero-order valence-electron chi connectivity index (χ0n) is 10.9. The largest absolute Gasteiger partial charge is 0.348 e. The summed E-state index contributed by atoms with van der Waals surface area (Å²) in [4.78, 5) is 15.8. The van der Waals surface area contributed by atoms with Gasteiger partial charge in [-0.15, -0.1) is 0 Å². The summed E-state index contributed by atoms with van der Waals surface area (Å²) < 4.78 is 16.0. The van der Waals surface area contributed by atoms with Gasteiger partial charge in [0.1, 0.15) is 5.82 Å². The molecule has 2 aromatic rings. The van der Waals surface area contributed by atoms with E-state index in [1.165, 1.54) is 16.7 Å². The number of hydrogen-bond donors (Lipinski definition) is 0. The highest BCUT2D eigenvalue weighted by Crippen LogP contribution is 2.18. The molecule has 1 heterocycles. The van der Waals surface area contributed by atoms with Gasteiger partial charge in [0.2, 0.25) is 0 Å². The lowest BCUT2D eigenvalue weighted by Gasteiger charge is -2.12. The standard InChI is InChI=1S/C14H11BrFN3O/c1-8-13(15)9(2)19(14(20)18-8)7-11-4-3-10(6-17)5-12(11)16/h3-5H,7H2,1-2H3. The summed E-state index contributed by atoms with van der Waals surface area (Å²) in [5.74, 6) is -0.507. The second kappa shape index (κ2) is 5.55. The third-order valence-corrected chi connectivity index (χ3v) is 4.19. The van der Waals surface area contributed by atoms with Crippen molar-refractivity contribution in [3.63, 3.8) is 0 Å². The van der Waals surface area contributed by atoms with Crippen LogP contribution < -0.4 is 5.69 Å². The molecule has 20 heavy (non-hydrogen) atoms. The summed E-state index contributed by atoms with van der Waals surface area (Å²) in [6, 6.07) is 6.06. The van der Waals surface area contributed by atoms with Crippen LogP contribution in [0.1, 0.15) is 22.5 Å². The normalized spacial score (nSPS) is 10.3. The van der Waals surface area contributed by atoms with E-state index < -0.39 is 11.5 Å². The Balaban J connectivity index is 2.49. The minimum atomic E-state index is -0.507. The molecule has 6 heteroatoms. The number of rotatable bonds is 2. The van der Waals surface area contributed by atoms with Gasteiger partial charge in [0.25, 0.3) is 0 Å².